The van der Waals surface area contributed by atoms with E-state index in [1.165, 1.54) is 31.9 Å². The first-order valence-electron chi connectivity index (χ1n) is 8.84. The van der Waals surface area contributed by atoms with Crippen LogP contribution in [0, 0.1) is 0 Å². The number of ketones is 1. The lowest BCUT2D eigenvalue weighted by atomic mass is 10.1. The molecule has 1 amide bonds. The quantitative estimate of drug-likeness (QED) is 0.849. The molecule has 3 rings (SSSR count). The molecule has 1 aliphatic heterocycles. The van der Waals surface area contributed by atoms with Crippen molar-refractivity contribution < 1.29 is 9.59 Å². The number of anilines is 1. The van der Waals surface area contributed by atoms with E-state index in [4.69, 9.17) is 0 Å². The Bertz CT molecular complexity index is 760. The maximum Gasteiger partial charge on any atom is 0.270 e. The molecule has 0 radical (unpaired) electrons. The molecule has 0 bridgehead atoms. The highest BCUT2D eigenvalue weighted by atomic mass is 16.2. The first-order chi connectivity index (χ1) is 12.1. The molecule has 0 spiro atoms. The van der Waals surface area contributed by atoms with Gasteiger partial charge in [-0.2, -0.15) is 0 Å². The third-order valence-corrected chi connectivity index (χ3v) is 4.76. The maximum atomic E-state index is 12.6. The number of para-hydroxylation sites is 1. The highest BCUT2D eigenvalue weighted by molar-refractivity contribution is 5.99. The van der Waals surface area contributed by atoms with E-state index >= 15 is 0 Å². The van der Waals surface area contributed by atoms with Crippen LogP contribution in [0.1, 0.15) is 52.6 Å². The zero-order chi connectivity index (χ0) is 17.8. The van der Waals surface area contributed by atoms with Crippen molar-refractivity contribution in [3.05, 3.63) is 53.3 Å². The molecule has 0 unspecified atom stereocenters. The molecule has 1 N–H and O–H groups in total. The number of aromatic amines is 1. The van der Waals surface area contributed by atoms with Gasteiger partial charge in [0.25, 0.3) is 5.91 Å². The average molecular weight is 339 g/mol. The number of hydrogen-bond acceptors (Lipinski definition) is 3. The molecular weight excluding hydrogens is 314 g/mol. The summed E-state index contributed by atoms with van der Waals surface area (Å²) in [5, 5.41) is 0. The summed E-state index contributed by atoms with van der Waals surface area (Å²) in [6, 6.07) is 9.92. The molecule has 1 aliphatic rings. The topological polar surface area (TPSA) is 56.4 Å². The zero-order valence-corrected chi connectivity index (χ0v) is 14.9. The third kappa shape index (κ3) is 3.92. The van der Waals surface area contributed by atoms with Gasteiger partial charge in [0.2, 0.25) is 0 Å². The van der Waals surface area contributed by atoms with E-state index in [0.29, 0.717) is 17.8 Å². The van der Waals surface area contributed by atoms with Gasteiger partial charge in [-0.1, -0.05) is 18.2 Å². The lowest BCUT2D eigenvalue weighted by Gasteiger charge is -2.31. The van der Waals surface area contributed by atoms with E-state index < -0.39 is 0 Å². The molecule has 1 saturated heterocycles. The number of carbonyl (C=O) groups excluding carboxylic acids is 2. The summed E-state index contributed by atoms with van der Waals surface area (Å²) in [5.41, 5.74) is 3.35. The van der Waals surface area contributed by atoms with Crippen LogP contribution in [-0.4, -0.2) is 41.7 Å². The van der Waals surface area contributed by atoms with Crippen LogP contribution < -0.4 is 4.90 Å². The first kappa shape index (κ1) is 17.3. The minimum atomic E-state index is -0.110. The summed E-state index contributed by atoms with van der Waals surface area (Å²) in [4.78, 5) is 31.1. The Labute approximate surface area is 148 Å². The van der Waals surface area contributed by atoms with E-state index in [1.54, 1.807) is 24.2 Å². The Morgan fingerprint density at radius 2 is 1.88 bits per heavy atom. The number of amides is 1. The molecule has 1 fully saturated rings. The Morgan fingerprint density at radius 1 is 1.16 bits per heavy atom. The highest BCUT2D eigenvalue weighted by Gasteiger charge is 2.19. The Balaban J connectivity index is 1.74. The first-order valence-corrected chi connectivity index (χ1v) is 8.84. The number of hydrogen-bond donors (Lipinski definition) is 1. The standard InChI is InChI=1S/C20H25N3O2/c1-15(24)17-12-18(21-13-17)20(25)22(2)14-16-8-4-5-9-19(16)23-10-6-3-7-11-23/h4-5,8-9,12-13,21H,3,6-7,10-11,14H2,1-2H3. The fourth-order valence-corrected chi connectivity index (χ4v) is 3.34. The molecule has 5 heteroatoms. The van der Waals surface area contributed by atoms with E-state index in [0.717, 1.165) is 18.7 Å². The molecule has 2 heterocycles. The van der Waals surface area contributed by atoms with Crippen LogP contribution in [0.2, 0.25) is 0 Å². The Morgan fingerprint density at radius 3 is 2.56 bits per heavy atom. The molecule has 5 nitrogen and oxygen atoms in total. The lowest BCUT2D eigenvalue weighted by Crippen LogP contribution is -2.32. The van der Waals surface area contributed by atoms with Gasteiger partial charge in [0.1, 0.15) is 5.69 Å². The summed E-state index contributed by atoms with van der Waals surface area (Å²) >= 11 is 0. The lowest BCUT2D eigenvalue weighted by molar-refractivity contribution is 0.0780. The Hall–Kier alpha value is -2.56. The number of aromatic nitrogens is 1. The van der Waals surface area contributed by atoms with Crippen LogP contribution in [0.4, 0.5) is 5.69 Å². The molecule has 25 heavy (non-hydrogen) atoms. The summed E-state index contributed by atoms with van der Waals surface area (Å²) in [6.07, 6.45) is 5.33. The van der Waals surface area contributed by atoms with Crippen molar-refractivity contribution >= 4 is 17.4 Å². The number of carbonyl (C=O) groups is 2. The van der Waals surface area contributed by atoms with Gasteiger partial charge in [0.05, 0.1) is 0 Å². The van der Waals surface area contributed by atoms with E-state index in [-0.39, 0.29) is 11.7 Å². The molecule has 132 valence electrons. The van der Waals surface area contributed by atoms with Crippen molar-refractivity contribution in [2.45, 2.75) is 32.7 Å². The normalized spacial score (nSPS) is 14.4. The summed E-state index contributed by atoms with van der Waals surface area (Å²) in [5.74, 6) is -0.158. The van der Waals surface area contributed by atoms with Crippen LogP contribution in [0.25, 0.3) is 0 Å². The second kappa shape index (κ2) is 7.55. The number of benzene rings is 1. The molecule has 0 saturated carbocycles. The van der Waals surface area contributed by atoms with Crippen molar-refractivity contribution in [2.75, 3.05) is 25.0 Å². The Kier molecular flexibility index (Phi) is 5.22. The van der Waals surface area contributed by atoms with Crippen LogP contribution >= 0.6 is 0 Å². The average Bonchev–Trinajstić information content (AvgIpc) is 3.12. The highest BCUT2D eigenvalue weighted by Crippen LogP contribution is 2.25. The molecule has 1 aromatic carbocycles. The molecule has 0 atom stereocenters. The summed E-state index contributed by atoms with van der Waals surface area (Å²) in [7, 11) is 1.80. The van der Waals surface area contributed by atoms with Crippen molar-refractivity contribution in [2.24, 2.45) is 0 Å². The van der Waals surface area contributed by atoms with Crippen LogP contribution in [0.15, 0.2) is 36.5 Å². The minimum absolute atomic E-state index is 0.0478. The number of nitrogens with one attached hydrogen (secondary N) is 1. The molecular formula is C20H25N3O2. The maximum absolute atomic E-state index is 12.6. The van der Waals surface area contributed by atoms with E-state index in [2.05, 4.69) is 28.1 Å². The molecule has 1 aromatic heterocycles. The van der Waals surface area contributed by atoms with Gasteiger partial charge in [-0.15, -0.1) is 0 Å². The fourth-order valence-electron chi connectivity index (χ4n) is 3.34. The second-order valence-electron chi connectivity index (χ2n) is 6.70. The predicted octanol–water partition coefficient (Wildman–Crippen LogP) is 3.48. The van der Waals surface area contributed by atoms with Gasteiger partial charge in [0, 0.05) is 44.1 Å². The second-order valence-corrected chi connectivity index (χ2v) is 6.70. The van der Waals surface area contributed by atoms with Gasteiger partial charge in [-0.05, 0) is 43.9 Å². The van der Waals surface area contributed by atoms with Gasteiger partial charge in [0.15, 0.2) is 5.78 Å². The monoisotopic (exact) mass is 339 g/mol. The van der Waals surface area contributed by atoms with Crippen LogP contribution in [0.3, 0.4) is 0 Å². The summed E-state index contributed by atoms with van der Waals surface area (Å²) < 4.78 is 0. The fraction of sp³-hybridized carbons (Fsp3) is 0.400. The molecule has 2 aromatic rings. The van der Waals surface area contributed by atoms with Crippen molar-refractivity contribution in [3.8, 4) is 0 Å². The van der Waals surface area contributed by atoms with Gasteiger partial charge >= 0.3 is 0 Å². The van der Waals surface area contributed by atoms with Crippen LogP contribution in [0.5, 0.6) is 0 Å². The largest absolute Gasteiger partial charge is 0.371 e. The SMILES string of the molecule is CC(=O)c1c[nH]c(C(=O)N(C)Cc2ccccc2N2CCCCC2)c1. The van der Waals surface area contributed by atoms with Crippen LogP contribution in [-0.2, 0) is 6.54 Å². The minimum Gasteiger partial charge on any atom is -0.371 e. The van der Waals surface area contributed by atoms with E-state index in [9.17, 15) is 9.59 Å². The predicted molar refractivity (Wildman–Crippen MR) is 99.1 cm³/mol. The number of Topliss-reactive ketones (excluding diaryl/α,β-unsaturated/α-hetero) is 1. The number of rotatable bonds is 5. The number of nitrogens with zero attached hydrogens (tertiary/aromatic N) is 2. The zero-order valence-electron chi connectivity index (χ0n) is 14.9. The van der Waals surface area contributed by atoms with Crippen molar-refractivity contribution in [1.29, 1.82) is 0 Å². The van der Waals surface area contributed by atoms with Crippen molar-refractivity contribution in [1.82, 2.24) is 9.88 Å². The summed E-state index contributed by atoms with van der Waals surface area (Å²) in [6.45, 7) is 4.19. The third-order valence-electron chi connectivity index (χ3n) is 4.76. The smallest absolute Gasteiger partial charge is 0.270 e. The molecule has 0 aliphatic carbocycles. The van der Waals surface area contributed by atoms with E-state index in [1.807, 2.05) is 6.07 Å². The number of H-pyrrole nitrogens is 1. The van der Waals surface area contributed by atoms with Gasteiger partial charge in [-0.3, -0.25) is 9.59 Å². The van der Waals surface area contributed by atoms with Gasteiger partial charge in [-0.25, -0.2) is 0 Å². The van der Waals surface area contributed by atoms with Gasteiger partial charge < -0.3 is 14.8 Å². The number of piperidine rings is 1. The van der Waals surface area contributed by atoms with Crippen molar-refractivity contribution in [3.63, 3.8) is 0 Å².